The Bertz CT molecular complexity index is 1390. The van der Waals surface area contributed by atoms with Gasteiger partial charge >= 0.3 is 5.97 Å². The van der Waals surface area contributed by atoms with E-state index in [0.29, 0.717) is 15.9 Å². The fourth-order valence-corrected chi connectivity index (χ4v) is 4.44. The molecule has 0 atom stereocenters. The first kappa shape index (κ1) is 21.5. The Hall–Kier alpha value is -3.78. The van der Waals surface area contributed by atoms with E-state index < -0.39 is 17.6 Å². The lowest BCUT2D eigenvalue weighted by atomic mass is 10.2. The molecule has 0 amide bonds. The van der Waals surface area contributed by atoms with Gasteiger partial charge in [0.2, 0.25) is 0 Å². The maximum atomic E-state index is 14.3. The van der Waals surface area contributed by atoms with Crippen molar-refractivity contribution in [1.82, 2.24) is 4.57 Å². The fraction of sp³-hybridized carbons (Fsp3) is 0.0833. The van der Waals surface area contributed by atoms with E-state index in [1.54, 1.807) is 31.2 Å². The highest BCUT2D eigenvalue weighted by molar-refractivity contribution is 7.21. The number of rotatable bonds is 6. The van der Waals surface area contributed by atoms with E-state index in [9.17, 15) is 18.4 Å². The molecule has 32 heavy (non-hydrogen) atoms. The predicted molar refractivity (Wildman–Crippen MR) is 123 cm³/mol. The van der Waals surface area contributed by atoms with Crippen LogP contribution in [0.3, 0.4) is 0 Å². The Labute approximate surface area is 186 Å². The number of hydrogen-bond donors (Lipinski definition) is 1. The minimum absolute atomic E-state index is 0.00951. The van der Waals surface area contributed by atoms with Crippen molar-refractivity contribution in [1.29, 1.82) is 0 Å². The molecular weight excluding hydrogens is 434 g/mol. The van der Waals surface area contributed by atoms with Crippen LogP contribution in [-0.4, -0.2) is 17.1 Å². The minimum Gasteiger partial charge on any atom is -0.462 e. The number of fused-ring (bicyclic) bond motifs is 1. The summed E-state index contributed by atoms with van der Waals surface area (Å²) in [4.78, 5) is 26.1. The normalized spacial score (nSPS) is 10.8. The van der Waals surface area contributed by atoms with Gasteiger partial charge in [-0.15, -0.1) is 11.3 Å². The molecule has 0 saturated carbocycles. The Balaban J connectivity index is 1.95. The number of halogens is 2. The molecule has 0 unspecified atom stereocenters. The van der Waals surface area contributed by atoms with E-state index >= 15 is 0 Å². The molecule has 0 aliphatic carbocycles. The lowest BCUT2D eigenvalue weighted by molar-refractivity contribution is 0.0533. The van der Waals surface area contributed by atoms with E-state index in [4.69, 9.17) is 4.74 Å². The Morgan fingerprint density at radius 2 is 1.91 bits per heavy atom. The van der Waals surface area contributed by atoms with Crippen LogP contribution in [0.15, 0.2) is 66.0 Å². The van der Waals surface area contributed by atoms with Crippen LogP contribution in [0, 0.1) is 11.6 Å². The fourth-order valence-electron chi connectivity index (χ4n) is 3.28. The number of nitrogens with one attached hydrogen (secondary N) is 1. The number of benzene rings is 2. The number of nitrogens with zero attached hydrogens (tertiary/aromatic N) is 1. The molecule has 0 fully saturated rings. The zero-order valence-corrected chi connectivity index (χ0v) is 17.8. The van der Waals surface area contributed by atoms with Crippen LogP contribution < -0.4 is 10.9 Å². The van der Waals surface area contributed by atoms with Crippen molar-refractivity contribution in [2.75, 3.05) is 11.9 Å². The van der Waals surface area contributed by atoms with E-state index in [1.807, 2.05) is 12.1 Å². The Morgan fingerprint density at radius 1 is 1.16 bits per heavy atom. The van der Waals surface area contributed by atoms with Gasteiger partial charge in [-0.1, -0.05) is 24.8 Å². The van der Waals surface area contributed by atoms with Crippen molar-refractivity contribution in [3.05, 3.63) is 93.6 Å². The third-order valence-electron chi connectivity index (χ3n) is 4.78. The smallest absolute Gasteiger partial charge is 0.350 e. The second-order valence-electron chi connectivity index (χ2n) is 6.80. The number of carbonyl (C=O) groups excluding carboxylic acids is 1. The predicted octanol–water partition coefficient (Wildman–Crippen LogP) is 5.89. The SMILES string of the molecule is C=Cc1ccc(-n2c(=O)ccc3c(Nc4ccc(F)cc4F)c(C(=O)OCC)sc32)cc1. The first-order chi connectivity index (χ1) is 15.4. The van der Waals surface area contributed by atoms with Crippen LogP contribution in [0.5, 0.6) is 0 Å². The van der Waals surface area contributed by atoms with Gasteiger partial charge in [0.05, 0.1) is 23.7 Å². The van der Waals surface area contributed by atoms with Crippen LogP contribution in [0.1, 0.15) is 22.2 Å². The molecule has 0 radical (unpaired) electrons. The quantitative estimate of drug-likeness (QED) is 0.371. The zero-order chi connectivity index (χ0) is 22.8. The van der Waals surface area contributed by atoms with Crippen LogP contribution >= 0.6 is 11.3 Å². The molecule has 2 aromatic heterocycles. The lowest BCUT2D eigenvalue weighted by Gasteiger charge is -2.10. The summed E-state index contributed by atoms with van der Waals surface area (Å²) in [5, 5.41) is 3.41. The van der Waals surface area contributed by atoms with Gasteiger partial charge in [-0.25, -0.2) is 13.6 Å². The summed E-state index contributed by atoms with van der Waals surface area (Å²) in [7, 11) is 0. The number of ether oxygens (including phenoxy) is 1. The summed E-state index contributed by atoms with van der Waals surface area (Å²) in [6.07, 6.45) is 1.69. The van der Waals surface area contributed by atoms with Crippen molar-refractivity contribution in [3.63, 3.8) is 0 Å². The molecule has 0 spiro atoms. The van der Waals surface area contributed by atoms with Gasteiger partial charge in [-0.3, -0.25) is 9.36 Å². The van der Waals surface area contributed by atoms with Gasteiger partial charge in [0.1, 0.15) is 21.3 Å². The van der Waals surface area contributed by atoms with Gasteiger partial charge in [-0.05, 0) is 42.8 Å². The molecule has 4 aromatic rings. The average molecular weight is 452 g/mol. The zero-order valence-electron chi connectivity index (χ0n) is 17.0. The Morgan fingerprint density at radius 3 is 2.56 bits per heavy atom. The van der Waals surface area contributed by atoms with E-state index in [0.717, 1.165) is 29.0 Å². The van der Waals surface area contributed by atoms with Crippen molar-refractivity contribution in [2.45, 2.75) is 6.92 Å². The number of thiophene rings is 1. The van der Waals surface area contributed by atoms with Crippen molar-refractivity contribution < 1.29 is 18.3 Å². The van der Waals surface area contributed by atoms with E-state index in [1.165, 1.54) is 16.7 Å². The summed E-state index contributed by atoms with van der Waals surface area (Å²) in [5.41, 5.74) is 1.47. The van der Waals surface area contributed by atoms with Crippen LogP contribution in [0.2, 0.25) is 0 Å². The van der Waals surface area contributed by atoms with Gasteiger partial charge in [0.15, 0.2) is 0 Å². The van der Waals surface area contributed by atoms with Crippen LogP contribution in [-0.2, 0) is 4.74 Å². The molecule has 4 rings (SSSR count). The highest BCUT2D eigenvalue weighted by Gasteiger charge is 2.23. The monoisotopic (exact) mass is 452 g/mol. The molecular formula is C24H18F2N2O3S. The molecule has 2 heterocycles. The molecule has 0 saturated heterocycles. The van der Waals surface area contributed by atoms with Crippen molar-refractivity contribution in [3.8, 4) is 5.69 Å². The largest absolute Gasteiger partial charge is 0.462 e. The summed E-state index contributed by atoms with van der Waals surface area (Å²) in [5.74, 6) is -2.14. The first-order valence-electron chi connectivity index (χ1n) is 9.73. The highest BCUT2D eigenvalue weighted by Crippen LogP contribution is 2.39. The number of hydrogen-bond acceptors (Lipinski definition) is 5. The summed E-state index contributed by atoms with van der Waals surface area (Å²) >= 11 is 1.06. The molecule has 0 aliphatic heterocycles. The highest BCUT2D eigenvalue weighted by atomic mass is 32.1. The number of carbonyl (C=O) groups is 1. The third-order valence-corrected chi connectivity index (χ3v) is 5.95. The van der Waals surface area contributed by atoms with Crippen molar-refractivity contribution in [2.24, 2.45) is 0 Å². The Kier molecular flexibility index (Phi) is 5.87. The summed E-state index contributed by atoms with van der Waals surface area (Å²) in [6, 6.07) is 13.2. The summed E-state index contributed by atoms with van der Waals surface area (Å²) in [6.45, 7) is 5.55. The van der Waals surface area contributed by atoms with Crippen LogP contribution in [0.25, 0.3) is 22.0 Å². The number of anilines is 2. The van der Waals surface area contributed by atoms with Crippen LogP contribution in [0.4, 0.5) is 20.2 Å². The third kappa shape index (κ3) is 3.92. The topological polar surface area (TPSA) is 60.3 Å². The molecule has 0 aliphatic rings. The minimum atomic E-state index is -0.813. The van der Waals surface area contributed by atoms with E-state index in [-0.39, 0.29) is 28.4 Å². The molecule has 162 valence electrons. The van der Waals surface area contributed by atoms with Gasteiger partial charge in [0, 0.05) is 17.5 Å². The lowest BCUT2D eigenvalue weighted by Crippen LogP contribution is -2.16. The van der Waals surface area contributed by atoms with Gasteiger partial charge in [-0.2, -0.15) is 0 Å². The summed E-state index contributed by atoms with van der Waals surface area (Å²) < 4.78 is 34.3. The van der Waals surface area contributed by atoms with Crippen molar-refractivity contribution >= 4 is 45.0 Å². The number of aromatic nitrogens is 1. The molecule has 0 bridgehead atoms. The molecule has 5 nitrogen and oxygen atoms in total. The second-order valence-corrected chi connectivity index (χ2v) is 7.80. The maximum absolute atomic E-state index is 14.3. The van der Waals surface area contributed by atoms with Gasteiger partial charge < -0.3 is 10.1 Å². The maximum Gasteiger partial charge on any atom is 0.350 e. The number of pyridine rings is 1. The van der Waals surface area contributed by atoms with Gasteiger partial charge in [0.25, 0.3) is 5.56 Å². The van der Waals surface area contributed by atoms with E-state index in [2.05, 4.69) is 11.9 Å². The molecule has 8 heteroatoms. The standard InChI is InChI=1S/C24H18F2N2O3S/c1-3-14-5-8-16(9-6-14)28-20(29)12-10-17-21(22(32-23(17)28)24(30)31-4-2)27-19-11-7-15(25)13-18(19)26/h3,5-13,27H,1,4H2,2H3. The molecule has 2 aromatic carbocycles. The molecule has 1 N–H and O–H groups in total. The number of esters is 1. The first-order valence-corrected chi connectivity index (χ1v) is 10.5. The average Bonchev–Trinajstić information content (AvgIpc) is 3.14. The second kappa shape index (κ2) is 8.76.